The molecule has 106 valence electrons. The molecule has 0 saturated heterocycles. The van der Waals surface area contributed by atoms with Gasteiger partial charge in [0.25, 0.3) is 5.56 Å². The number of halogens is 2. The summed E-state index contributed by atoms with van der Waals surface area (Å²) in [5.41, 5.74) is 1.42. The Morgan fingerprint density at radius 3 is 2.80 bits per heavy atom. The summed E-state index contributed by atoms with van der Waals surface area (Å²) < 4.78 is 14.7. The molecule has 1 aromatic heterocycles. The second-order valence-electron chi connectivity index (χ2n) is 4.68. The van der Waals surface area contributed by atoms with Crippen LogP contribution in [-0.4, -0.2) is 9.78 Å². The Hall–Kier alpha value is -1.88. The summed E-state index contributed by atoms with van der Waals surface area (Å²) >= 11 is 5.98. The Bertz CT molecular complexity index is 699. The van der Waals surface area contributed by atoms with Gasteiger partial charge in [-0.1, -0.05) is 23.7 Å². The first-order valence-electron chi connectivity index (χ1n) is 6.14. The van der Waals surface area contributed by atoms with Crippen LogP contribution in [0.2, 0.25) is 5.02 Å². The Morgan fingerprint density at radius 2 is 2.15 bits per heavy atom. The SMILES string of the molecule is Cc1ccc(C(C)Nc2cnn(C)c(=O)c2Cl)cc1F. The van der Waals surface area contributed by atoms with E-state index in [2.05, 4.69) is 10.4 Å². The van der Waals surface area contributed by atoms with E-state index in [0.717, 1.165) is 10.2 Å². The summed E-state index contributed by atoms with van der Waals surface area (Å²) in [4.78, 5) is 11.7. The van der Waals surface area contributed by atoms with Crippen LogP contribution in [0.25, 0.3) is 0 Å². The zero-order chi connectivity index (χ0) is 14.9. The highest BCUT2D eigenvalue weighted by atomic mass is 35.5. The van der Waals surface area contributed by atoms with Gasteiger partial charge in [0.05, 0.1) is 11.9 Å². The third-order valence-corrected chi connectivity index (χ3v) is 3.51. The van der Waals surface area contributed by atoms with E-state index in [1.165, 1.54) is 19.3 Å². The lowest BCUT2D eigenvalue weighted by molar-refractivity contribution is 0.614. The highest BCUT2D eigenvalue weighted by molar-refractivity contribution is 6.32. The zero-order valence-electron chi connectivity index (χ0n) is 11.4. The topological polar surface area (TPSA) is 46.9 Å². The van der Waals surface area contributed by atoms with Crippen LogP contribution in [0.3, 0.4) is 0 Å². The van der Waals surface area contributed by atoms with Gasteiger partial charge in [0.1, 0.15) is 10.8 Å². The summed E-state index contributed by atoms with van der Waals surface area (Å²) in [6.45, 7) is 3.57. The average molecular weight is 296 g/mol. The third-order valence-electron chi connectivity index (χ3n) is 3.15. The summed E-state index contributed by atoms with van der Waals surface area (Å²) in [6, 6.07) is 4.82. The molecular weight excluding hydrogens is 281 g/mol. The minimum atomic E-state index is -0.376. The number of aromatic nitrogens is 2. The van der Waals surface area contributed by atoms with Crippen molar-refractivity contribution < 1.29 is 4.39 Å². The Kier molecular flexibility index (Phi) is 4.09. The van der Waals surface area contributed by atoms with E-state index in [9.17, 15) is 9.18 Å². The predicted molar refractivity (Wildman–Crippen MR) is 77.7 cm³/mol. The molecule has 2 rings (SSSR count). The van der Waals surface area contributed by atoms with E-state index < -0.39 is 0 Å². The molecule has 20 heavy (non-hydrogen) atoms. The second-order valence-corrected chi connectivity index (χ2v) is 5.05. The van der Waals surface area contributed by atoms with Crippen LogP contribution in [0.5, 0.6) is 0 Å². The number of anilines is 1. The monoisotopic (exact) mass is 295 g/mol. The van der Waals surface area contributed by atoms with Gasteiger partial charge < -0.3 is 5.32 Å². The first kappa shape index (κ1) is 14.5. The normalized spacial score (nSPS) is 12.2. The van der Waals surface area contributed by atoms with Crippen molar-refractivity contribution in [3.8, 4) is 0 Å². The molecule has 1 atom stereocenters. The smallest absolute Gasteiger partial charge is 0.287 e. The van der Waals surface area contributed by atoms with Gasteiger partial charge in [0.2, 0.25) is 0 Å². The third kappa shape index (κ3) is 2.82. The summed E-state index contributed by atoms with van der Waals surface area (Å²) in [6.07, 6.45) is 1.48. The molecule has 0 aliphatic rings. The molecule has 0 bridgehead atoms. The van der Waals surface area contributed by atoms with E-state index in [0.29, 0.717) is 11.3 Å². The van der Waals surface area contributed by atoms with Crippen molar-refractivity contribution >= 4 is 17.3 Å². The maximum Gasteiger partial charge on any atom is 0.287 e. The fourth-order valence-electron chi connectivity index (χ4n) is 1.81. The highest BCUT2D eigenvalue weighted by Gasteiger charge is 2.12. The second kappa shape index (κ2) is 5.63. The van der Waals surface area contributed by atoms with Gasteiger partial charge in [-0.3, -0.25) is 4.79 Å². The highest BCUT2D eigenvalue weighted by Crippen LogP contribution is 2.23. The number of aryl methyl sites for hydroxylation is 2. The van der Waals surface area contributed by atoms with Gasteiger partial charge >= 0.3 is 0 Å². The molecule has 0 radical (unpaired) electrons. The molecule has 0 aliphatic heterocycles. The quantitative estimate of drug-likeness (QED) is 0.947. The first-order valence-corrected chi connectivity index (χ1v) is 6.52. The van der Waals surface area contributed by atoms with Crippen LogP contribution in [-0.2, 0) is 7.05 Å². The van der Waals surface area contributed by atoms with Crippen molar-refractivity contribution in [2.45, 2.75) is 19.9 Å². The summed E-state index contributed by atoms with van der Waals surface area (Å²) in [5, 5.41) is 7.04. The number of benzene rings is 1. The van der Waals surface area contributed by atoms with E-state index >= 15 is 0 Å². The molecule has 0 aliphatic carbocycles. The van der Waals surface area contributed by atoms with Crippen LogP contribution in [0, 0.1) is 12.7 Å². The molecule has 1 N–H and O–H groups in total. The number of hydrogen-bond donors (Lipinski definition) is 1. The van der Waals surface area contributed by atoms with Gasteiger partial charge in [-0.05, 0) is 31.0 Å². The fourth-order valence-corrected chi connectivity index (χ4v) is 2.03. The molecular formula is C14H15ClFN3O. The molecule has 6 heteroatoms. The maximum absolute atomic E-state index is 13.6. The maximum atomic E-state index is 13.6. The number of rotatable bonds is 3. The van der Waals surface area contributed by atoms with Gasteiger partial charge in [-0.25, -0.2) is 9.07 Å². The van der Waals surface area contributed by atoms with Crippen molar-refractivity contribution in [1.29, 1.82) is 0 Å². The van der Waals surface area contributed by atoms with E-state index in [4.69, 9.17) is 11.6 Å². The van der Waals surface area contributed by atoms with Gasteiger partial charge in [-0.2, -0.15) is 5.10 Å². The minimum absolute atomic E-state index is 0.0712. The molecule has 2 aromatic rings. The zero-order valence-corrected chi connectivity index (χ0v) is 12.2. The lowest BCUT2D eigenvalue weighted by Gasteiger charge is -2.17. The van der Waals surface area contributed by atoms with Crippen LogP contribution in [0.4, 0.5) is 10.1 Å². The molecule has 0 fully saturated rings. The Balaban J connectivity index is 2.28. The van der Waals surface area contributed by atoms with E-state index in [-0.39, 0.29) is 22.4 Å². The van der Waals surface area contributed by atoms with Gasteiger partial charge in [-0.15, -0.1) is 0 Å². The molecule has 1 heterocycles. The Labute approximate surface area is 121 Å². The van der Waals surface area contributed by atoms with Crippen LogP contribution in [0.15, 0.2) is 29.2 Å². The summed E-state index contributed by atoms with van der Waals surface area (Å²) in [5.74, 6) is -0.260. The molecule has 1 unspecified atom stereocenters. The molecule has 1 aromatic carbocycles. The number of hydrogen-bond acceptors (Lipinski definition) is 3. The van der Waals surface area contributed by atoms with Crippen molar-refractivity contribution in [1.82, 2.24) is 9.78 Å². The number of nitrogens with zero attached hydrogens (tertiary/aromatic N) is 2. The van der Waals surface area contributed by atoms with Crippen LogP contribution < -0.4 is 10.9 Å². The van der Waals surface area contributed by atoms with Crippen molar-refractivity contribution in [3.63, 3.8) is 0 Å². The van der Waals surface area contributed by atoms with E-state index in [1.54, 1.807) is 13.0 Å². The van der Waals surface area contributed by atoms with Gasteiger partial charge in [0, 0.05) is 13.1 Å². The van der Waals surface area contributed by atoms with Crippen molar-refractivity contribution in [3.05, 3.63) is 56.7 Å². The van der Waals surface area contributed by atoms with Crippen LogP contribution in [0.1, 0.15) is 24.1 Å². The first-order chi connectivity index (χ1) is 9.40. The molecule has 0 saturated carbocycles. The summed E-state index contributed by atoms with van der Waals surface area (Å²) in [7, 11) is 1.52. The van der Waals surface area contributed by atoms with Gasteiger partial charge in [0.15, 0.2) is 0 Å². The lowest BCUT2D eigenvalue weighted by Crippen LogP contribution is -2.21. The number of nitrogens with one attached hydrogen (secondary N) is 1. The molecule has 0 amide bonds. The van der Waals surface area contributed by atoms with Crippen molar-refractivity contribution in [2.24, 2.45) is 7.05 Å². The van der Waals surface area contributed by atoms with Crippen LogP contribution >= 0.6 is 11.6 Å². The molecule has 4 nitrogen and oxygen atoms in total. The Morgan fingerprint density at radius 1 is 1.45 bits per heavy atom. The predicted octanol–water partition coefficient (Wildman–Crippen LogP) is 3.05. The van der Waals surface area contributed by atoms with E-state index in [1.807, 2.05) is 13.0 Å². The average Bonchev–Trinajstić information content (AvgIpc) is 2.42. The lowest BCUT2D eigenvalue weighted by atomic mass is 10.1. The minimum Gasteiger partial charge on any atom is -0.376 e. The fraction of sp³-hybridized carbons (Fsp3) is 0.286. The molecule has 0 spiro atoms. The standard InChI is InChI=1S/C14H15ClFN3O/c1-8-4-5-10(6-11(8)16)9(2)18-12-7-17-19(3)14(20)13(12)15/h4-7,9,18H,1-3H3. The largest absolute Gasteiger partial charge is 0.376 e. The van der Waals surface area contributed by atoms with Crippen molar-refractivity contribution in [2.75, 3.05) is 5.32 Å².